The molecule has 242 valence electrons. The summed E-state index contributed by atoms with van der Waals surface area (Å²) in [5, 5.41) is 8.53. The van der Waals surface area contributed by atoms with E-state index in [-0.39, 0.29) is 0 Å². The molecule has 0 spiro atoms. The maximum atomic E-state index is 6.46. The van der Waals surface area contributed by atoms with Crippen molar-refractivity contribution in [2.45, 2.75) is 0 Å². The van der Waals surface area contributed by atoms with Gasteiger partial charge in [0.25, 0.3) is 0 Å². The molecule has 6 heteroatoms. The largest absolute Gasteiger partial charge is 0.456 e. The average molecular weight is 667 g/mol. The molecule has 0 aliphatic rings. The van der Waals surface area contributed by atoms with Crippen LogP contribution >= 0.6 is 0 Å². The fraction of sp³-hybridized carbons (Fsp3) is 0. The van der Waals surface area contributed by atoms with Crippen LogP contribution in [-0.2, 0) is 0 Å². The van der Waals surface area contributed by atoms with Gasteiger partial charge in [-0.05, 0) is 69.1 Å². The Bertz CT molecular complexity index is 3200. The summed E-state index contributed by atoms with van der Waals surface area (Å²) in [7, 11) is 0. The number of pyridine rings is 1. The monoisotopic (exact) mass is 666 g/mol. The minimum Gasteiger partial charge on any atom is -0.456 e. The molecule has 0 amide bonds. The molecular formula is C46H26N4O2. The van der Waals surface area contributed by atoms with Crippen LogP contribution in [0, 0.1) is 0 Å². The van der Waals surface area contributed by atoms with Crippen molar-refractivity contribution in [1.29, 1.82) is 0 Å². The summed E-state index contributed by atoms with van der Waals surface area (Å²) in [6.07, 6.45) is 3.66. The number of aromatic nitrogens is 4. The van der Waals surface area contributed by atoms with E-state index in [1.807, 2.05) is 72.9 Å². The standard InChI is InChI=1S/C46H26N4O2/c1-2-11-27(12-3-1)44-48-45(50-46(49-44)34-18-10-20-40-43(34)33-17-8-9-19-38(33)51-40)29-23-28-13-4-5-14-30(28)35(24-29)36-25-41-42(32-16-7-6-15-31(32)36)37-26-47-22-21-39(37)52-41/h1-26H. The SMILES string of the molecule is c1ccc(-c2nc(-c3cc(-c4cc5oc6ccncc6c5c5ccccc45)c4ccccc4c3)nc(-c3cccc4oc5ccccc5c34)n2)cc1. The van der Waals surface area contributed by atoms with Crippen LogP contribution in [0.3, 0.4) is 0 Å². The van der Waals surface area contributed by atoms with E-state index >= 15 is 0 Å². The molecule has 0 atom stereocenters. The van der Waals surface area contributed by atoms with E-state index in [0.717, 1.165) is 93.2 Å². The zero-order chi connectivity index (χ0) is 34.2. The summed E-state index contributed by atoms with van der Waals surface area (Å²) in [4.78, 5) is 19.9. The first-order valence-electron chi connectivity index (χ1n) is 17.2. The van der Waals surface area contributed by atoms with Gasteiger partial charge in [0.2, 0.25) is 0 Å². The highest BCUT2D eigenvalue weighted by atomic mass is 16.3. The van der Waals surface area contributed by atoms with Crippen LogP contribution in [0.1, 0.15) is 0 Å². The molecule has 0 N–H and O–H groups in total. The molecule has 0 saturated heterocycles. The summed E-state index contributed by atoms with van der Waals surface area (Å²) in [6.45, 7) is 0. The number of fused-ring (bicyclic) bond motifs is 9. The first-order valence-corrected chi connectivity index (χ1v) is 17.2. The number of benzene rings is 7. The summed E-state index contributed by atoms with van der Waals surface area (Å²) in [6, 6.07) is 49.7. The van der Waals surface area contributed by atoms with E-state index in [2.05, 4.69) is 83.8 Å². The second-order valence-electron chi connectivity index (χ2n) is 13.0. The van der Waals surface area contributed by atoms with Crippen molar-refractivity contribution in [2.75, 3.05) is 0 Å². The predicted molar refractivity (Wildman–Crippen MR) is 209 cm³/mol. The molecule has 11 rings (SSSR count). The third kappa shape index (κ3) is 4.38. The minimum atomic E-state index is 0.582. The Hall–Kier alpha value is -7.18. The van der Waals surface area contributed by atoms with Crippen molar-refractivity contribution >= 4 is 65.4 Å². The topological polar surface area (TPSA) is 77.8 Å². The molecule has 0 aliphatic heterocycles. The molecule has 0 aliphatic carbocycles. The predicted octanol–water partition coefficient (Wildman–Crippen LogP) is 12.0. The Kier molecular flexibility index (Phi) is 6.15. The Morgan fingerprint density at radius 1 is 0.365 bits per heavy atom. The van der Waals surface area contributed by atoms with Crippen molar-refractivity contribution in [3.05, 3.63) is 158 Å². The van der Waals surface area contributed by atoms with Gasteiger partial charge in [-0.25, -0.2) is 15.0 Å². The molecule has 6 nitrogen and oxygen atoms in total. The maximum Gasteiger partial charge on any atom is 0.164 e. The van der Waals surface area contributed by atoms with E-state index in [0.29, 0.717) is 17.5 Å². The molecule has 0 unspecified atom stereocenters. The zero-order valence-corrected chi connectivity index (χ0v) is 27.6. The van der Waals surface area contributed by atoms with Gasteiger partial charge in [0.1, 0.15) is 22.3 Å². The number of para-hydroxylation sites is 1. The molecule has 4 aromatic heterocycles. The van der Waals surface area contributed by atoms with Crippen molar-refractivity contribution in [1.82, 2.24) is 19.9 Å². The maximum absolute atomic E-state index is 6.46. The average Bonchev–Trinajstić information content (AvgIpc) is 3.79. The van der Waals surface area contributed by atoms with Gasteiger partial charge in [-0.15, -0.1) is 0 Å². The third-order valence-electron chi connectivity index (χ3n) is 10.00. The Morgan fingerprint density at radius 3 is 1.90 bits per heavy atom. The lowest BCUT2D eigenvalue weighted by molar-refractivity contribution is 0.668. The van der Waals surface area contributed by atoms with Crippen molar-refractivity contribution in [3.8, 4) is 45.3 Å². The lowest BCUT2D eigenvalue weighted by Gasteiger charge is -2.14. The first-order chi connectivity index (χ1) is 25.8. The number of hydrogen-bond donors (Lipinski definition) is 0. The van der Waals surface area contributed by atoms with Gasteiger partial charge in [0.05, 0.1) is 0 Å². The van der Waals surface area contributed by atoms with Gasteiger partial charge in [-0.3, -0.25) is 4.98 Å². The Labute approximate surface area is 296 Å². The van der Waals surface area contributed by atoms with Crippen LogP contribution in [0.15, 0.2) is 167 Å². The minimum absolute atomic E-state index is 0.582. The van der Waals surface area contributed by atoms with Crippen LogP contribution in [0.4, 0.5) is 0 Å². The first kappa shape index (κ1) is 28.6. The summed E-state index contributed by atoms with van der Waals surface area (Å²) >= 11 is 0. The van der Waals surface area contributed by atoms with Crippen molar-refractivity contribution < 1.29 is 8.83 Å². The molecule has 0 saturated carbocycles. The quantitative estimate of drug-likeness (QED) is 0.186. The van der Waals surface area contributed by atoms with E-state index in [1.54, 1.807) is 6.20 Å². The summed E-state index contributed by atoms with van der Waals surface area (Å²) < 4.78 is 12.7. The van der Waals surface area contributed by atoms with Gasteiger partial charge in [-0.1, -0.05) is 109 Å². The molecular weight excluding hydrogens is 641 g/mol. The normalized spacial score (nSPS) is 11.8. The number of nitrogens with zero attached hydrogens (tertiary/aromatic N) is 4. The van der Waals surface area contributed by atoms with E-state index in [1.165, 1.54) is 0 Å². The summed E-state index contributed by atoms with van der Waals surface area (Å²) in [5.41, 5.74) is 8.07. The highest BCUT2D eigenvalue weighted by Gasteiger charge is 2.20. The fourth-order valence-corrected chi connectivity index (χ4v) is 7.67. The lowest BCUT2D eigenvalue weighted by Crippen LogP contribution is -2.01. The summed E-state index contributed by atoms with van der Waals surface area (Å²) in [5.74, 6) is 1.77. The van der Waals surface area contributed by atoms with Gasteiger partial charge in [0, 0.05) is 50.6 Å². The van der Waals surface area contributed by atoms with E-state index in [4.69, 9.17) is 23.8 Å². The van der Waals surface area contributed by atoms with Crippen LogP contribution in [0.5, 0.6) is 0 Å². The molecule has 0 fully saturated rings. The van der Waals surface area contributed by atoms with E-state index < -0.39 is 0 Å². The molecule has 52 heavy (non-hydrogen) atoms. The van der Waals surface area contributed by atoms with Crippen LogP contribution in [0.2, 0.25) is 0 Å². The van der Waals surface area contributed by atoms with Crippen LogP contribution in [0.25, 0.3) is 111 Å². The van der Waals surface area contributed by atoms with Crippen molar-refractivity contribution in [2.24, 2.45) is 0 Å². The zero-order valence-electron chi connectivity index (χ0n) is 27.6. The highest BCUT2D eigenvalue weighted by Crippen LogP contribution is 2.43. The van der Waals surface area contributed by atoms with Crippen LogP contribution < -0.4 is 0 Å². The van der Waals surface area contributed by atoms with Gasteiger partial charge < -0.3 is 8.83 Å². The Morgan fingerprint density at radius 2 is 1.02 bits per heavy atom. The second kappa shape index (κ2) is 11.2. The highest BCUT2D eigenvalue weighted by molar-refractivity contribution is 6.23. The number of hydrogen-bond acceptors (Lipinski definition) is 6. The van der Waals surface area contributed by atoms with Gasteiger partial charge >= 0.3 is 0 Å². The lowest BCUT2D eigenvalue weighted by atomic mass is 9.90. The Balaban J connectivity index is 1.20. The number of rotatable bonds is 4. The van der Waals surface area contributed by atoms with E-state index in [9.17, 15) is 0 Å². The van der Waals surface area contributed by atoms with Gasteiger partial charge in [0.15, 0.2) is 17.5 Å². The molecule has 0 bridgehead atoms. The molecule has 0 radical (unpaired) electrons. The second-order valence-corrected chi connectivity index (χ2v) is 13.0. The smallest absolute Gasteiger partial charge is 0.164 e. The van der Waals surface area contributed by atoms with Crippen LogP contribution in [-0.4, -0.2) is 19.9 Å². The van der Waals surface area contributed by atoms with Crippen molar-refractivity contribution in [3.63, 3.8) is 0 Å². The fourth-order valence-electron chi connectivity index (χ4n) is 7.67. The number of furan rings is 2. The third-order valence-corrected chi connectivity index (χ3v) is 10.00. The molecule has 11 aromatic rings. The molecule has 7 aromatic carbocycles. The van der Waals surface area contributed by atoms with Gasteiger partial charge in [-0.2, -0.15) is 0 Å². The molecule has 4 heterocycles.